The minimum atomic E-state index is -2.83. The third-order valence-corrected chi connectivity index (χ3v) is 4.53. The molecule has 0 spiro atoms. The van der Waals surface area contributed by atoms with Crippen molar-refractivity contribution < 1.29 is 18.4 Å². The molecule has 1 fully saturated rings. The molecule has 3 heterocycles. The maximum atomic E-state index is 13.3. The van der Waals surface area contributed by atoms with Gasteiger partial charge in [-0.3, -0.25) is 9.59 Å². The first kappa shape index (κ1) is 17.1. The maximum Gasteiger partial charge on any atom is 0.267 e. The average Bonchev–Trinajstić information content (AvgIpc) is 3.26. The summed E-state index contributed by atoms with van der Waals surface area (Å²) in [4.78, 5) is 29.0. The number of hydrogen-bond acceptors (Lipinski definition) is 4. The van der Waals surface area contributed by atoms with Crippen molar-refractivity contribution in [3.05, 3.63) is 53.9 Å². The van der Waals surface area contributed by atoms with Gasteiger partial charge in [0.2, 0.25) is 6.33 Å². The molecule has 0 aliphatic carbocycles. The molecule has 27 heavy (non-hydrogen) atoms. The van der Waals surface area contributed by atoms with E-state index in [9.17, 15) is 18.4 Å². The van der Waals surface area contributed by atoms with E-state index in [0.717, 1.165) is 4.90 Å². The summed E-state index contributed by atoms with van der Waals surface area (Å²) in [6, 6.07) is 9.71. The molecule has 1 aliphatic heterocycles. The first-order valence-corrected chi connectivity index (χ1v) is 8.19. The number of primary amides is 1. The number of carbonyl (C=O) groups is 2. The third-order valence-electron chi connectivity index (χ3n) is 4.53. The van der Waals surface area contributed by atoms with Crippen LogP contribution in [0.2, 0.25) is 0 Å². The number of fused-ring (bicyclic) bond motifs is 1. The van der Waals surface area contributed by atoms with Gasteiger partial charge in [-0.2, -0.15) is 0 Å². The Hall–Kier alpha value is -3.36. The molecular weight excluding hydrogens is 356 g/mol. The normalized spacial score (nSPS) is 16.0. The molecule has 2 N–H and O–H groups in total. The lowest BCUT2D eigenvalue weighted by Gasteiger charge is -2.16. The Morgan fingerprint density at radius 1 is 1.15 bits per heavy atom. The van der Waals surface area contributed by atoms with Gasteiger partial charge in [0.25, 0.3) is 17.7 Å². The van der Waals surface area contributed by atoms with Gasteiger partial charge in [-0.1, -0.05) is 12.1 Å². The number of amides is 2. The highest BCUT2D eigenvalue weighted by Gasteiger charge is 2.40. The molecule has 1 radical (unpaired) electrons. The number of aromatic nitrogens is 3. The molecule has 7 nitrogen and oxygen atoms in total. The zero-order chi connectivity index (χ0) is 19.2. The minimum Gasteiger partial charge on any atom is -0.365 e. The van der Waals surface area contributed by atoms with E-state index in [4.69, 9.17) is 5.73 Å². The SMILES string of the molecule is NC(=O)c1ccc(-c2ccc(C(=O)N3CCC(F)(F)C3)cc2)n2n[c]nc12. The van der Waals surface area contributed by atoms with Crippen LogP contribution in [-0.4, -0.2) is 50.3 Å². The van der Waals surface area contributed by atoms with Crippen molar-refractivity contribution in [2.75, 3.05) is 13.1 Å². The molecule has 3 aromatic rings. The summed E-state index contributed by atoms with van der Waals surface area (Å²) in [7, 11) is 0. The summed E-state index contributed by atoms with van der Waals surface area (Å²) < 4.78 is 28.1. The predicted molar refractivity (Wildman–Crippen MR) is 91.2 cm³/mol. The number of nitrogens with zero attached hydrogens (tertiary/aromatic N) is 4. The van der Waals surface area contributed by atoms with Gasteiger partial charge in [0.1, 0.15) is 0 Å². The van der Waals surface area contributed by atoms with E-state index in [1.165, 1.54) is 4.52 Å². The van der Waals surface area contributed by atoms with E-state index in [1.54, 1.807) is 36.4 Å². The summed E-state index contributed by atoms with van der Waals surface area (Å²) in [5.41, 5.74) is 7.48. The van der Waals surface area contributed by atoms with Crippen LogP contribution >= 0.6 is 0 Å². The fourth-order valence-electron chi connectivity index (χ4n) is 3.15. The van der Waals surface area contributed by atoms with Crippen molar-refractivity contribution in [1.82, 2.24) is 19.5 Å². The zero-order valence-electron chi connectivity index (χ0n) is 14.0. The van der Waals surface area contributed by atoms with E-state index in [-0.39, 0.29) is 24.2 Å². The summed E-state index contributed by atoms with van der Waals surface area (Å²) in [5.74, 6) is -3.88. The van der Waals surface area contributed by atoms with E-state index in [0.29, 0.717) is 16.8 Å². The molecule has 1 aliphatic rings. The average molecular weight is 370 g/mol. The summed E-state index contributed by atoms with van der Waals surface area (Å²) >= 11 is 0. The maximum absolute atomic E-state index is 13.3. The van der Waals surface area contributed by atoms with Crippen LogP contribution in [0, 0.1) is 6.33 Å². The van der Waals surface area contributed by atoms with Crippen LogP contribution in [0.1, 0.15) is 27.1 Å². The summed E-state index contributed by atoms with van der Waals surface area (Å²) in [6.07, 6.45) is 2.13. The standard InChI is InChI=1S/C18H14F2N5O2/c19-18(20)7-8-24(9-18)17(27)12-3-1-11(2-4-12)14-6-5-13(15(21)26)16-22-10-23-25(14)16/h1-6H,7-9H2,(H2,21,26). The number of rotatable bonds is 3. The zero-order valence-corrected chi connectivity index (χ0v) is 14.0. The number of halogens is 2. The lowest BCUT2D eigenvalue weighted by atomic mass is 10.1. The largest absolute Gasteiger partial charge is 0.365 e. The number of alkyl halides is 2. The van der Waals surface area contributed by atoms with E-state index in [2.05, 4.69) is 16.4 Å². The van der Waals surface area contributed by atoms with Crippen molar-refractivity contribution in [3.8, 4) is 11.3 Å². The highest BCUT2D eigenvalue weighted by Crippen LogP contribution is 2.28. The number of nitrogens with two attached hydrogens (primary N) is 1. The van der Waals surface area contributed by atoms with Crippen molar-refractivity contribution in [3.63, 3.8) is 0 Å². The summed E-state index contributed by atoms with van der Waals surface area (Å²) in [5, 5.41) is 3.99. The molecule has 1 saturated heterocycles. The Morgan fingerprint density at radius 2 is 1.89 bits per heavy atom. The van der Waals surface area contributed by atoms with Crippen LogP contribution in [0.4, 0.5) is 8.78 Å². The molecule has 0 bridgehead atoms. The molecule has 1 aromatic carbocycles. The van der Waals surface area contributed by atoms with Crippen molar-refractivity contribution in [1.29, 1.82) is 0 Å². The molecular formula is C18H14F2N5O2. The Kier molecular flexibility index (Phi) is 3.87. The molecule has 4 rings (SSSR count). The number of likely N-dealkylation sites (tertiary alicyclic amines) is 1. The van der Waals surface area contributed by atoms with E-state index < -0.39 is 24.3 Å². The van der Waals surface area contributed by atoms with Crippen molar-refractivity contribution in [2.45, 2.75) is 12.3 Å². The minimum absolute atomic E-state index is 0.0393. The molecule has 2 aromatic heterocycles. The van der Waals surface area contributed by atoms with Crippen LogP contribution in [0.5, 0.6) is 0 Å². The first-order valence-electron chi connectivity index (χ1n) is 8.19. The van der Waals surface area contributed by atoms with E-state index >= 15 is 0 Å². The smallest absolute Gasteiger partial charge is 0.267 e. The highest BCUT2D eigenvalue weighted by atomic mass is 19.3. The Balaban J connectivity index is 1.64. The van der Waals surface area contributed by atoms with Crippen LogP contribution < -0.4 is 5.73 Å². The first-order chi connectivity index (χ1) is 12.9. The van der Waals surface area contributed by atoms with E-state index in [1.807, 2.05) is 0 Å². The fourth-order valence-corrected chi connectivity index (χ4v) is 3.15. The number of carbonyl (C=O) groups excluding carboxylic acids is 2. The van der Waals surface area contributed by atoms with Crippen molar-refractivity contribution >= 4 is 17.5 Å². The topological polar surface area (TPSA) is 93.6 Å². The quantitative estimate of drug-likeness (QED) is 0.760. The number of hydrogen-bond donors (Lipinski definition) is 1. The lowest BCUT2D eigenvalue weighted by Crippen LogP contribution is -2.31. The highest BCUT2D eigenvalue weighted by molar-refractivity contribution is 5.99. The molecule has 0 saturated carbocycles. The van der Waals surface area contributed by atoms with Crippen LogP contribution in [0.25, 0.3) is 16.9 Å². The van der Waals surface area contributed by atoms with Gasteiger partial charge in [0, 0.05) is 24.1 Å². The number of pyridine rings is 1. The van der Waals surface area contributed by atoms with Crippen LogP contribution in [0.3, 0.4) is 0 Å². The second-order valence-corrected chi connectivity index (χ2v) is 6.35. The Morgan fingerprint density at radius 3 is 2.52 bits per heavy atom. The Labute approximate surface area is 152 Å². The summed E-state index contributed by atoms with van der Waals surface area (Å²) in [6.45, 7) is -0.519. The predicted octanol–water partition coefficient (Wildman–Crippen LogP) is 1.78. The van der Waals surface area contributed by atoms with Crippen LogP contribution in [-0.2, 0) is 0 Å². The lowest BCUT2D eigenvalue weighted by molar-refractivity contribution is 0.0120. The molecule has 2 amide bonds. The van der Waals surface area contributed by atoms with Gasteiger partial charge in [-0.25, -0.2) is 18.3 Å². The van der Waals surface area contributed by atoms with Gasteiger partial charge >= 0.3 is 0 Å². The van der Waals surface area contributed by atoms with Gasteiger partial charge in [-0.15, -0.1) is 5.10 Å². The second kappa shape index (κ2) is 6.11. The molecule has 9 heteroatoms. The molecule has 0 atom stereocenters. The fraction of sp³-hybridized carbons (Fsp3) is 0.222. The van der Waals surface area contributed by atoms with Gasteiger partial charge in [-0.05, 0) is 24.3 Å². The number of benzene rings is 1. The Bertz CT molecular complexity index is 1050. The third kappa shape index (κ3) is 3.01. The van der Waals surface area contributed by atoms with Crippen molar-refractivity contribution in [2.24, 2.45) is 5.73 Å². The molecule has 137 valence electrons. The van der Waals surface area contributed by atoms with Gasteiger partial charge in [0.15, 0.2) is 5.65 Å². The van der Waals surface area contributed by atoms with Gasteiger partial charge < -0.3 is 10.6 Å². The second-order valence-electron chi connectivity index (χ2n) is 6.35. The molecule has 0 unspecified atom stereocenters. The van der Waals surface area contributed by atoms with Crippen LogP contribution in [0.15, 0.2) is 36.4 Å². The van der Waals surface area contributed by atoms with Gasteiger partial charge in [0.05, 0.1) is 17.8 Å². The monoisotopic (exact) mass is 370 g/mol.